The maximum absolute atomic E-state index is 5.19. The Morgan fingerprint density at radius 2 is 0.903 bits per heavy atom. The topological polar surface area (TPSA) is 136 Å². The molecule has 0 radical (unpaired) electrons. The van der Waals surface area contributed by atoms with Gasteiger partial charge in [0, 0.05) is 44.2 Å². The summed E-state index contributed by atoms with van der Waals surface area (Å²) in [4.78, 5) is 30.1. The summed E-state index contributed by atoms with van der Waals surface area (Å²) >= 11 is 0. The number of hydrogen-bond donors (Lipinski definition) is 2. The van der Waals surface area contributed by atoms with Crippen LogP contribution in [0.2, 0.25) is 0 Å². The van der Waals surface area contributed by atoms with E-state index in [9.17, 15) is 0 Å². The maximum Gasteiger partial charge on any atom is 0.174 e. The number of pyridine rings is 2. The van der Waals surface area contributed by atoms with Gasteiger partial charge in [-0.15, -0.1) is 0 Å². The lowest BCUT2D eigenvalue weighted by molar-refractivity contribution is 0.873. The zero-order chi connectivity index (χ0) is 41.3. The molecule has 6 aromatic heterocycles. The molecule has 2 aliphatic rings. The molecule has 62 heavy (non-hydrogen) atoms. The van der Waals surface area contributed by atoms with Crippen molar-refractivity contribution >= 4 is 55.6 Å². The van der Waals surface area contributed by atoms with Crippen LogP contribution in [0.5, 0.6) is 0 Å². The first-order valence-electron chi connectivity index (χ1n) is 20.3. The van der Waals surface area contributed by atoms with Gasteiger partial charge in [0.2, 0.25) is 0 Å². The summed E-state index contributed by atoms with van der Waals surface area (Å²) in [6.07, 6.45) is 15.1. The minimum Gasteiger partial charge on any atom is -0.281 e. The number of anilines is 2. The van der Waals surface area contributed by atoms with Crippen LogP contribution in [0.1, 0.15) is 22.8 Å². The van der Waals surface area contributed by atoms with Crippen molar-refractivity contribution in [3.63, 3.8) is 0 Å². The number of rotatable bonds is 9. The molecule has 0 saturated carbocycles. The molecule has 12 heteroatoms. The van der Waals surface area contributed by atoms with E-state index in [0.717, 1.165) is 77.7 Å². The molecular formula is C50H34N12. The van der Waals surface area contributed by atoms with E-state index in [0.29, 0.717) is 45.7 Å². The van der Waals surface area contributed by atoms with Gasteiger partial charge in [0.15, 0.2) is 23.3 Å². The first-order valence-corrected chi connectivity index (χ1v) is 20.3. The number of nitrogens with one attached hydrogen (secondary N) is 2. The van der Waals surface area contributed by atoms with Gasteiger partial charge in [-0.05, 0) is 49.2 Å². The SMILES string of the molecule is Cc1cc(-c2ccccc2)nc2cc(-c3nc(C4=CC=C4)n4ncnc(NNc5ncnn6c(C7=CC=C7)nc(-c7ccc8c(C)cc(-c9ccccc9)nc8c7)c56)c34)ccc12. The maximum atomic E-state index is 5.19. The molecule has 12 rings (SSSR count). The number of nitrogens with zero attached hydrogens (tertiary/aromatic N) is 10. The fourth-order valence-corrected chi connectivity index (χ4v) is 8.24. The molecule has 0 amide bonds. The standard InChI is InChI=1S/C50H34N12/c1-29-23-39(31-11-5-3-6-12-31)55-41-25-35(19-21-37(29)41)43-45-47(51-27-53-61(45)49(57-43)33-15-9-16-33)59-60-48-46-44(58-50(34-17-10-18-34)62(46)54-28-52-48)36-20-22-38-30(2)24-40(56-42(38)26-36)32-13-7-4-8-14-32/h3-28H,1-2H3,(H,51,53,59)(H,52,54,60). The lowest BCUT2D eigenvalue weighted by Crippen LogP contribution is -2.15. The van der Waals surface area contributed by atoms with E-state index in [1.807, 2.05) is 81.9 Å². The number of benzene rings is 4. The van der Waals surface area contributed by atoms with Gasteiger partial charge in [-0.3, -0.25) is 10.9 Å². The van der Waals surface area contributed by atoms with Crippen molar-refractivity contribution in [3.8, 4) is 45.0 Å². The summed E-state index contributed by atoms with van der Waals surface area (Å²) in [5, 5.41) is 11.5. The fraction of sp³-hybridized carbons (Fsp3) is 0.0400. The highest BCUT2D eigenvalue weighted by molar-refractivity contribution is 5.97. The summed E-state index contributed by atoms with van der Waals surface area (Å²) in [6, 6.07) is 37.3. The van der Waals surface area contributed by atoms with Gasteiger partial charge in [-0.1, -0.05) is 121 Å². The van der Waals surface area contributed by atoms with Crippen molar-refractivity contribution in [1.29, 1.82) is 0 Å². The fourth-order valence-electron chi connectivity index (χ4n) is 8.24. The Kier molecular flexibility index (Phi) is 7.97. The van der Waals surface area contributed by atoms with Crippen molar-refractivity contribution in [1.82, 2.24) is 49.1 Å². The number of fused-ring (bicyclic) bond motifs is 4. The van der Waals surface area contributed by atoms with Crippen LogP contribution in [0.3, 0.4) is 0 Å². The molecule has 0 fully saturated rings. The smallest absolute Gasteiger partial charge is 0.174 e. The summed E-state index contributed by atoms with van der Waals surface area (Å²) in [5.74, 6) is 2.41. The van der Waals surface area contributed by atoms with Gasteiger partial charge in [-0.2, -0.15) is 10.2 Å². The largest absolute Gasteiger partial charge is 0.281 e. The predicted octanol–water partition coefficient (Wildman–Crippen LogP) is 10.3. The average molecular weight is 803 g/mol. The molecular weight excluding hydrogens is 769 g/mol. The number of hydrazine groups is 1. The molecule has 0 aliphatic heterocycles. The molecule has 4 aromatic carbocycles. The molecule has 0 saturated heterocycles. The van der Waals surface area contributed by atoms with Gasteiger partial charge in [0.1, 0.15) is 35.1 Å². The van der Waals surface area contributed by atoms with Crippen molar-refractivity contribution in [3.05, 3.63) is 181 Å². The van der Waals surface area contributed by atoms with E-state index in [1.165, 1.54) is 12.7 Å². The molecule has 10 aromatic rings. The third kappa shape index (κ3) is 5.76. The van der Waals surface area contributed by atoms with Crippen molar-refractivity contribution < 1.29 is 0 Å². The van der Waals surface area contributed by atoms with Gasteiger partial charge in [0.25, 0.3) is 0 Å². The number of imidazole rings is 2. The molecule has 0 unspecified atom stereocenters. The Hall–Kier alpha value is -8.64. The van der Waals surface area contributed by atoms with Crippen LogP contribution in [0.4, 0.5) is 11.6 Å². The van der Waals surface area contributed by atoms with Crippen molar-refractivity contribution in [2.75, 3.05) is 10.9 Å². The summed E-state index contributed by atoms with van der Waals surface area (Å²) < 4.78 is 3.65. The first kappa shape index (κ1) is 35.3. The lowest BCUT2D eigenvalue weighted by atomic mass is 10.0. The second-order valence-electron chi connectivity index (χ2n) is 15.4. The zero-order valence-corrected chi connectivity index (χ0v) is 33.5. The highest BCUT2D eigenvalue weighted by atomic mass is 15.4. The molecule has 0 atom stereocenters. The highest BCUT2D eigenvalue weighted by Crippen LogP contribution is 2.37. The van der Waals surface area contributed by atoms with Gasteiger partial charge >= 0.3 is 0 Å². The molecule has 294 valence electrons. The van der Waals surface area contributed by atoms with E-state index in [2.05, 4.69) is 97.5 Å². The molecule has 2 N–H and O–H groups in total. The van der Waals surface area contributed by atoms with E-state index < -0.39 is 0 Å². The minimum atomic E-state index is 0.501. The Labute approximate surface area is 354 Å². The average Bonchev–Trinajstić information content (AvgIpc) is 3.84. The molecule has 12 nitrogen and oxygen atoms in total. The van der Waals surface area contributed by atoms with E-state index in [4.69, 9.17) is 40.1 Å². The van der Waals surface area contributed by atoms with Gasteiger partial charge in [0.05, 0.1) is 22.4 Å². The molecule has 0 spiro atoms. The predicted molar refractivity (Wildman–Crippen MR) is 245 cm³/mol. The normalized spacial score (nSPS) is 13.1. The van der Waals surface area contributed by atoms with E-state index in [1.54, 1.807) is 0 Å². The van der Waals surface area contributed by atoms with Crippen LogP contribution in [0.15, 0.2) is 158 Å². The van der Waals surface area contributed by atoms with Crippen LogP contribution >= 0.6 is 0 Å². The number of aryl methyl sites for hydroxylation is 2. The van der Waals surface area contributed by atoms with Gasteiger partial charge < -0.3 is 0 Å². The summed E-state index contributed by atoms with van der Waals surface area (Å²) in [6.45, 7) is 4.24. The number of aromatic nitrogens is 10. The second kappa shape index (κ2) is 14.0. The van der Waals surface area contributed by atoms with Crippen LogP contribution in [0, 0.1) is 13.8 Å². The monoisotopic (exact) mass is 802 g/mol. The van der Waals surface area contributed by atoms with Crippen molar-refractivity contribution in [2.45, 2.75) is 13.8 Å². The van der Waals surface area contributed by atoms with Crippen LogP contribution in [-0.2, 0) is 0 Å². The Morgan fingerprint density at radius 1 is 0.468 bits per heavy atom. The Bertz CT molecular complexity index is 3360. The quantitative estimate of drug-likeness (QED) is 0.136. The second-order valence-corrected chi connectivity index (χ2v) is 15.4. The number of allylic oxidation sites excluding steroid dienone is 8. The number of hydrogen-bond acceptors (Lipinski definition) is 10. The molecule has 6 heterocycles. The summed E-state index contributed by atoms with van der Waals surface area (Å²) in [5.41, 5.74) is 21.2. The minimum absolute atomic E-state index is 0.501. The molecule has 2 aliphatic carbocycles. The molecule has 0 bridgehead atoms. The third-order valence-corrected chi connectivity index (χ3v) is 11.5. The zero-order valence-electron chi connectivity index (χ0n) is 33.5. The van der Waals surface area contributed by atoms with Crippen molar-refractivity contribution in [2.24, 2.45) is 0 Å². The first-order chi connectivity index (χ1) is 30.5. The lowest BCUT2D eigenvalue weighted by Gasteiger charge is -2.13. The van der Waals surface area contributed by atoms with Crippen LogP contribution in [0.25, 0.3) is 89.0 Å². The van der Waals surface area contributed by atoms with E-state index in [-0.39, 0.29) is 0 Å². The van der Waals surface area contributed by atoms with Crippen LogP contribution < -0.4 is 10.9 Å². The van der Waals surface area contributed by atoms with E-state index >= 15 is 0 Å². The summed E-state index contributed by atoms with van der Waals surface area (Å²) in [7, 11) is 0. The third-order valence-electron chi connectivity index (χ3n) is 11.5. The van der Waals surface area contributed by atoms with Gasteiger partial charge in [-0.25, -0.2) is 38.9 Å². The Balaban J connectivity index is 0.972. The highest BCUT2D eigenvalue weighted by Gasteiger charge is 2.24. The Morgan fingerprint density at radius 3 is 1.31 bits per heavy atom. The van der Waals surface area contributed by atoms with Crippen LogP contribution in [-0.4, -0.2) is 49.1 Å².